The molecule has 0 radical (unpaired) electrons. The fourth-order valence-corrected chi connectivity index (χ4v) is 3.48. The van der Waals surface area contributed by atoms with Crippen LogP contribution in [0.1, 0.15) is 31.9 Å². The molecule has 12 nitrogen and oxygen atoms in total. The van der Waals surface area contributed by atoms with Crippen molar-refractivity contribution in [3.05, 3.63) is 5.69 Å². The van der Waals surface area contributed by atoms with Crippen molar-refractivity contribution in [2.24, 2.45) is 0 Å². The maximum absolute atomic E-state index is 12.5. The molecule has 0 aromatic carbocycles. The molecule has 3 N–H and O–H groups in total. The Bertz CT molecular complexity index is 716. The number of carbonyl (C=O) groups excluding carboxylic acids is 2. The van der Waals surface area contributed by atoms with E-state index in [4.69, 9.17) is 9.47 Å². The number of aryl methyl sites for hydroxylation is 1. The molecule has 2 heterocycles. The highest BCUT2D eigenvalue weighted by molar-refractivity contribution is 5.91. The number of aliphatic hydroxyl groups excluding tert-OH is 2. The summed E-state index contributed by atoms with van der Waals surface area (Å²) in [6, 6.07) is 0. The van der Waals surface area contributed by atoms with Crippen molar-refractivity contribution in [3.63, 3.8) is 0 Å². The van der Waals surface area contributed by atoms with Gasteiger partial charge in [0.05, 0.1) is 13.2 Å². The zero-order valence-electron chi connectivity index (χ0n) is 19.0. The summed E-state index contributed by atoms with van der Waals surface area (Å²) in [4.78, 5) is 28.2. The van der Waals surface area contributed by atoms with Crippen molar-refractivity contribution in [3.8, 4) is 0 Å². The van der Waals surface area contributed by atoms with Crippen molar-refractivity contribution in [1.82, 2.24) is 20.1 Å². The predicted octanol–water partition coefficient (Wildman–Crippen LogP) is -0.596. The molecule has 1 aromatic heterocycles. The lowest BCUT2D eigenvalue weighted by atomic mass is 10.1. The van der Waals surface area contributed by atoms with Gasteiger partial charge in [-0.25, -0.2) is 4.63 Å². The summed E-state index contributed by atoms with van der Waals surface area (Å²) < 4.78 is 15.4. The summed E-state index contributed by atoms with van der Waals surface area (Å²) in [5, 5.41) is 30.6. The zero-order chi connectivity index (χ0) is 23.5. The normalized spacial score (nSPS) is 25.0. The van der Waals surface area contributed by atoms with Crippen LogP contribution < -0.4 is 5.32 Å². The van der Waals surface area contributed by atoms with Crippen molar-refractivity contribution in [1.29, 1.82) is 0 Å². The minimum atomic E-state index is -1.18. The Morgan fingerprint density at radius 2 is 1.94 bits per heavy atom. The molecule has 3 atom stereocenters. The average molecular weight is 458 g/mol. The van der Waals surface area contributed by atoms with Crippen molar-refractivity contribution < 1.29 is 33.9 Å². The van der Waals surface area contributed by atoms with E-state index in [1.165, 1.54) is 14.0 Å². The molecule has 32 heavy (non-hydrogen) atoms. The lowest BCUT2D eigenvalue weighted by molar-refractivity contribution is -0.136. The van der Waals surface area contributed by atoms with Crippen LogP contribution in [0.5, 0.6) is 0 Å². The Balaban J connectivity index is 2.01. The highest BCUT2D eigenvalue weighted by Gasteiger charge is 2.29. The molecule has 182 valence electrons. The maximum atomic E-state index is 12.5. The van der Waals surface area contributed by atoms with E-state index in [2.05, 4.69) is 20.3 Å². The molecule has 12 heteroatoms. The van der Waals surface area contributed by atoms with E-state index in [0.29, 0.717) is 44.2 Å². The second-order valence-corrected chi connectivity index (χ2v) is 7.96. The summed E-state index contributed by atoms with van der Waals surface area (Å²) in [6.45, 7) is 5.52. The molecule has 0 saturated carbocycles. The molecule has 1 fully saturated rings. The fraction of sp³-hybridized carbons (Fsp3) is 0.800. The Hall–Kier alpha value is -2.12. The average Bonchev–Trinajstić information content (AvgIpc) is 3.15. The number of nitrogens with one attached hydrogen (secondary N) is 1. The zero-order valence-corrected chi connectivity index (χ0v) is 19.0. The van der Waals surface area contributed by atoms with E-state index in [1.807, 2.05) is 4.90 Å². The molecule has 1 aliphatic rings. The largest absolute Gasteiger partial charge is 0.388 e. The van der Waals surface area contributed by atoms with Crippen LogP contribution >= 0.6 is 0 Å². The minimum Gasteiger partial charge on any atom is -0.388 e. The molecule has 1 aliphatic heterocycles. The van der Waals surface area contributed by atoms with Gasteiger partial charge in [0, 0.05) is 40.3 Å². The van der Waals surface area contributed by atoms with Crippen LogP contribution in [-0.4, -0.2) is 113 Å². The van der Waals surface area contributed by atoms with Gasteiger partial charge in [-0.15, -0.1) is 0 Å². The third-order valence-electron chi connectivity index (χ3n) is 5.41. The van der Waals surface area contributed by atoms with Gasteiger partial charge in [-0.05, 0) is 37.9 Å². The quantitative estimate of drug-likeness (QED) is 0.535. The summed E-state index contributed by atoms with van der Waals surface area (Å²) in [7, 11) is 1.43. The first kappa shape index (κ1) is 26.1. The lowest BCUT2D eigenvalue weighted by Gasteiger charge is -2.31. The second-order valence-electron chi connectivity index (χ2n) is 7.96. The number of carbonyl (C=O) groups is 2. The number of hydrogen-bond donors (Lipinski definition) is 3. The number of methoxy groups -OCH3 is 1. The summed E-state index contributed by atoms with van der Waals surface area (Å²) in [5.74, 6) is -0.0908. The van der Waals surface area contributed by atoms with Gasteiger partial charge < -0.3 is 29.9 Å². The van der Waals surface area contributed by atoms with Crippen LogP contribution in [0.25, 0.3) is 0 Å². The van der Waals surface area contributed by atoms with E-state index in [-0.39, 0.29) is 31.5 Å². The number of nitrogens with zero attached hydrogens (tertiary/aromatic N) is 4. The van der Waals surface area contributed by atoms with Crippen LogP contribution in [0.4, 0.5) is 5.82 Å². The summed E-state index contributed by atoms with van der Waals surface area (Å²) >= 11 is 0. The van der Waals surface area contributed by atoms with Crippen LogP contribution in [0.3, 0.4) is 0 Å². The minimum absolute atomic E-state index is 0.0295. The summed E-state index contributed by atoms with van der Waals surface area (Å²) in [6.07, 6.45) is -0.893. The van der Waals surface area contributed by atoms with Crippen LogP contribution in [0.15, 0.2) is 4.63 Å². The van der Waals surface area contributed by atoms with Gasteiger partial charge in [-0.3, -0.25) is 14.5 Å². The van der Waals surface area contributed by atoms with Gasteiger partial charge in [0.1, 0.15) is 24.0 Å². The standard InChI is InChI=1S/C20H35N5O7/c1-14-20(23-32-22-14)21-18(28)12-24-7-4-5-10-31-13-16(27)19(29)17(30-3)11-25(15(2)26)9-6-8-24/h16-17,19,27,29H,4-13H2,1-3H3,(H,21,23,28)/t16-,17-,19-/m0/s1. The van der Waals surface area contributed by atoms with Gasteiger partial charge in [0.2, 0.25) is 11.8 Å². The third-order valence-corrected chi connectivity index (χ3v) is 5.41. The van der Waals surface area contributed by atoms with Crippen molar-refractivity contribution in [2.45, 2.75) is 51.4 Å². The van der Waals surface area contributed by atoms with Crippen LogP contribution in [0, 0.1) is 6.92 Å². The number of rotatable bonds is 4. The van der Waals surface area contributed by atoms with E-state index in [9.17, 15) is 19.8 Å². The first-order chi connectivity index (χ1) is 15.3. The third kappa shape index (κ3) is 8.43. The molecule has 1 aromatic rings. The predicted molar refractivity (Wildman–Crippen MR) is 114 cm³/mol. The number of anilines is 1. The molecular weight excluding hydrogens is 422 g/mol. The molecule has 0 aliphatic carbocycles. The monoisotopic (exact) mass is 457 g/mol. The number of ether oxygens (including phenoxy) is 2. The first-order valence-electron chi connectivity index (χ1n) is 10.8. The first-order valence-corrected chi connectivity index (χ1v) is 10.8. The molecule has 1 saturated heterocycles. The summed E-state index contributed by atoms with van der Waals surface area (Å²) in [5.41, 5.74) is 0.502. The van der Waals surface area contributed by atoms with Crippen molar-refractivity contribution >= 4 is 17.6 Å². The lowest BCUT2D eigenvalue weighted by Crippen LogP contribution is -2.48. The highest BCUT2D eigenvalue weighted by atomic mass is 16.6. The van der Waals surface area contributed by atoms with Crippen LogP contribution in [-0.2, 0) is 19.1 Å². The molecule has 0 bridgehead atoms. The Kier molecular flexibility index (Phi) is 11.0. The Morgan fingerprint density at radius 1 is 1.19 bits per heavy atom. The maximum Gasteiger partial charge on any atom is 0.239 e. The fourth-order valence-electron chi connectivity index (χ4n) is 3.48. The molecule has 2 rings (SSSR count). The second kappa shape index (κ2) is 13.4. The molecule has 2 amide bonds. The van der Waals surface area contributed by atoms with Gasteiger partial charge in [-0.1, -0.05) is 5.16 Å². The van der Waals surface area contributed by atoms with Gasteiger partial charge >= 0.3 is 0 Å². The van der Waals surface area contributed by atoms with Gasteiger partial charge in [0.15, 0.2) is 5.82 Å². The van der Waals surface area contributed by atoms with Gasteiger partial charge in [-0.2, -0.15) is 0 Å². The van der Waals surface area contributed by atoms with E-state index < -0.39 is 18.3 Å². The SMILES string of the molecule is CO[C@H]1CN(C(C)=O)CCCN(CC(=O)Nc2nonc2C)CCCCOC[C@H](O)[C@@H]1O. The van der Waals surface area contributed by atoms with E-state index in [1.54, 1.807) is 11.8 Å². The topological polar surface area (TPSA) is 150 Å². The van der Waals surface area contributed by atoms with E-state index >= 15 is 0 Å². The van der Waals surface area contributed by atoms with Crippen molar-refractivity contribution in [2.75, 3.05) is 58.4 Å². The molecule has 0 unspecified atom stereocenters. The Morgan fingerprint density at radius 3 is 2.59 bits per heavy atom. The number of amides is 2. The molecular formula is C20H35N5O7. The van der Waals surface area contributed by atoms with Gasteiger partial charge in [0.25, 0.3) is 0 Å². The Labute approximate surface area is 187 Å². The van der Waals surface area contributed by atoms with Crippen LogP contribution in [0.2, 0.25) is 0 Å². The molecule has 0 spiro atoms. The van der Waals surface area contributed by atoms with E-state index in [0.717, 1.165) is 12.8 Å². The highest BCUT2D eigenvalue weighted by Crippen LogP contribution is 2.11. The number of aliphatic hydroxyl groups is 2. The number of aromatic nitrogens is 2. The smallest absolute Gasteiger partial charge is 0.239 e. The number of hydrogen-bond acceptors (Lipinski definition) is 10.